The Hall–Kier alpha value is -1.79. The van der Waals surface area contributed by atoms with E-state index >= 15 is 0 Å². The van der Waals surface area contributed by atoms with Crippen molar-refractivity contribution in [2.24, 2.45) is 0 Å². The number of rotatable bonds is 10. The molecule has 0 saturated carbocycles. The van der Waals surface area contributed by atoms with Gasteiger partial charge in [-0.05, 0) is 75.3 Å². The number of anilines is 1. The van der Waals surface area contributed by atoms with Gasteiger partial charge in [0.05, 0.1) is 11.6 Å². The Bertz CT molecular complexity index is 663. The summed E-state index contributed by atoms with van der Waals surface area (Å²) in [6.45, 7) is 12.6. The summed E-state index contributed by atoms with van der Waals surface area (Å²) in [5.74, 6) is -0.185. The SMILES string of the molecule is CCCN(CCC)CN1C(=O)S/C(=C\c2ccc(N(CC)CC)cc2)C1=O. The molecule has 1 aromatic carbocycles. The van der Waals surface area contributed by atoms with E-state index in [2.05, 4.69) is 49.6 Å². The van der Waals surface area contributed by atoms with Crippen LogP contribution < -0.4 is 4.90 Å². The fourth-order valence-corrected chi connectivity index (χ4v) is 4.06. The number of carbonyl (C=O) groups excluding carboxylic acids is 2. The van der Waals surface area contributed by atoms with Gasteiger partial charge in [-0.3, -0.25) is 19.4 Å². The predicted molar refractivity (Wildman–Crippen MR) is 115 cm³/mol. The molecule has 0 aromatic heterocycles. The maximum absolute atomic E-state index is 12.7. The standard InChI is InChI=1S/C21H31N3O2S/c1-5-13-22(14-6-2)16-24-20(25)19(27-21(24)26)15-17-9-11-18(12-10-17)23(7-3)8-4/h9-12,15H,5-8,13-14,16H2,1-4H3/b19-15-. The van der Waals surface area contributed by atoms with E-state index in [0.717, 1.165) is 56.3 Å². The molecular weight excluding hydrogens is 358 g/mol. The molecule has 2 rings (SSSR count). The second kappa shape index (κ2) is 10.5. The minimum absolute atomic E-state index is 0.178. The van der Waals surface area contributed by atoms with Crippen molar-refractivity contribution in [3.8, 4) is 0 Å². The third-order valence-electron chi connectivity index (χ3n) is 4.61. The Morgan fingerprint density at radius 1 is 0.963 bits per heavy atom. The summed E-state index contributed by atoms with van der Waals surface area (Å²) < 4.78 is 0. The lowest BCUT2D eigenvalue weighted by Crippen LogP contribution is -2.41. The minimum atomic E-state index is -0.185. The number of nitrogens with zero attached hydrogens (tertiary/aromatic N) is 3. The number of carbonyl (C=O) groups is 2. The van der Waals surface area contributed by atoms with Gasteiger partial charge in [0.15, 0.2) is 0 Å². The third kappa shape index (κ3) is 5.59. The molecule has 2 amide bonds. The highest BCUT2D eigenvalue weighted by atomic mass is 32.2. The summed E-state index contributed by atoms with van der Waals surface area (Å²) in [5, 5.41) is -0.178. The zero-order valence-corrected chi connectivity index (χ0v) is 17.7. The molecule has 1 aromatic rings. The first kappa shape index (κ1) is 21.5. The van der Waals surface area contributed by atoms with Crippen molar-refractivity contribution >= 4 is 34.7 Å². The Kier molecular flexibility index (Phi) is 8.38. The van der Waals surface area contributed by atoms with E-state index in [0.29, 0.717) is 11.6 Å². The van der Waals surface area contributed by atoms with E-state index in [1.807, 2.05) is 18.2 Å². The van der Waals surface area contributed by atoms with Crippen LogP contribution in [0, 0.1) is 0 Å². The van der Waals surface area contributed by atoms with Crippen molar-refractivity contribution in [1.82, 2.24) is 9.80 Å². The minimum Gasteiger partial charge on any atom is -0.372 e. The third-order valence-corrected chi connectivity index (χ3v) is 5.52. The smallest absolute Gasteiger partial charge is 0.294 e. The van der Waals surface area contributed by atoms with Gasteiger partial charge < -0.3 is 4.90 Å². The van der Waals surface area contributed by atoms with Gasteiger partial charge in [-0.1, -0.05) is 26.0 Å². The molecule has 0 radical (unpaired) electrons. The molecule has 0 bridgehead atoms. The van der Waals surface area contributed by atoms with Crippen LogP contribution in [0.5, 0.6) is 0 Å². The molecule has 1 aliphatic rings. The van der Waals surface area contributed by atoms with E-state index in [-0.39, 0.29) is 11.1 Å². The lowest BCUT2D eigenvalue weighted by molar-refractivity contribution is -0.124. The first-order valence-corrected chi connectivity index (χ1v) is 10.7. The highest BCUT2D eigenvalue weighted by Crippen LogP contribution is 2.32. The van der Waals surface area contributed by atoms with Crippen LogP contribution >= 0.6 is 11.8 Å². The zero-order valence-electron chi connectivity index (χ0n) is 16.9. The van der Waals surface area contributed by atoms with Crippen LogP contribution in [-0.4, -0.2) is 53.8 Å². The molecular formula is C21H31N3O2S. The van der Waals surface area contributed by atoms with Crippen molar-refractivity contribution in [2.75, 3.05) is 37.7 Å². The summed E-state index contributed by atoms with van der Waals surface area (Å²) in [4.78, 5) is 31.4. The van der Waals surface area contributed by atoms with Crippen molar-refractivity contribution < 1.29 is 9.59 Å². The van der Waals surface area contributed by atoms with Gasteiger partial charge in [0.25, 0.3) is 11.1 Å². The van der Waals surface area contributed by atoms with Crippen LogP contribution in [0.4, 0.5) is 10.5 Å². The molecule has 1 aliphatic heterocycles. The second-order valence-corrected chi connectivity index (χ2v) is 7.63. The lowest BCUT2D eigenvalue weighted by Gasteiger charge is -2.25. The summed E-state index contributed by atoms with van der Waals surface area (Å²) >= 11 is 1.04. The van der Waals surface area contributed by atoms with Crippen LogP contribution in [0.2, 0.25) is 0 Å². The number of imide groups is 1. The van der Waals surface area contributed by atoms with Crippen molar-refractivity contribution in [1.29, 1.82) is 0 Å². The average Bonchev–Trinajstić information content (AvgIpc) is 2.92. The molecule has 5 nitrogen and oxygen atoms in total. The van der Waals surface area contributed by atoms with E-state index < -0.39 is 0 Å². The summed E-state index contributed by atoms with van der Waals surface area (Å²) in [6.07, 6.45) is 3.83. The van der Waals surface area contributed by atoms with Gasteiger partial charge >= 0.3 is 0 Å². The van der Waals surface area contributed by atoms with Crippen molar-refractivity contribution in [2.45, 2.75) is 40.5 Å². The molecule has 148 valence electrons. The summed E-state index contributed by atoms with van der Waals surface area (Å²) in [6, 6.07) is 8.13. The maximum atomic E-state index is 12.7. The normalized spacial score (nSPS) is 16.0. The van der Waals surface area contributed by atoms with Crippen LogP contribution in [0.1, 0.15) is 46.1 Å². The molecule has 0 aliphatic carbocycles. The second-order valence-electron chi connectivity index (χ2n) is 6.63. The van der Waals surface area contributed by atoms with Crippen LogP contribution in [-0.2, 0) is 4.79 Å². The van der Waals surface area contributed by atoms with Crippen molar-refractivity contribution in [3.05, 3.63) is 34.7 Å². The van der Waals surface area contributed by atoms with E-state index in [1.54, 1.807) is 0 Å². The first-order valence-electron chi connectivity index (χ1n) is 9.86. The van der Waals surface area contributed by atoms with Crippen molar-refractivity contribution in [3.63, 3.8) is 0 Å². The zero-order chi connectivity index (χ0) is 19.8. The predicted octanol–water partition coefficient (Wildman–Crippen LogP) is 4.65. The Labute approximate surface area is 167 Å². The Morgan fingerprint density at radius 2 is 1.56 bits per heavy atom. The van der Waals surface area contributed by atoms with Crippen LogP contribution in [0.15, 0.2) is 29.2 Å². The number of hydrogen-bond donors (Lipinski definition) is 0. The Morgan fingerprint density at radius 3 is 2.07 bits per heavy atom. The average molecular weight is 390 g/mol. The van der Waals surface area contributed by atoms with Gasteiger partial charge in [0.2, 0.25) is 0 Å². The monoisotopic (exact) mass is 389 g/mol. The number of thioether (sulfide) groups is 1. The molecule has 1 saturated heterocycles. The molecule has 1 fully saturated rings. The van der Waals surface area contributed by atoms with Gasteiger partial charge in [-0.15, -0.1) is 0 Å². The highest BCUT2D eigenvalue weighted by Gasteiger charge is 2.35. The van der Waals surface area contributed by atoms with Crippen LogP contribution in [0.3, 0.4) is 0 Å². The van der Waals surface area contributed by atoms with Crippen LogP contribution in [0.25, 0.3) is 6.08 Å². The number of hydrogen-bond acceptors (Lipinski definition) is 5. The fourth-order valence-electron chi connectivity index (χ4n) is 3.23. The van der Waals surface area contributed by atoms with Gasteiger partial charge in [-0.25, -0.2) is 0 Å². The number of amides is 2. The van der Waals surface area contributed by atoms with Gasteiger partial charge in [-0.2, -0.15) is 0 Å². The molecule has 0 spiro atoms. The maximum Gasteiger partial charge on any atom is 0.294 e. The lowest BCUT2D eigenvalue weighted by atomic mass is 10.1. The molecule has 0 unspecified atom stereocenters. The Balaban J connectivity index is 2.11. The highest BCUT2D eigenvalue weighted by molar-refractivity contribution is 8.18. The molecule has 6 heteroatoms. The van der Waals surface area contributed by atoms with E-state index in [1.165, 1.54) is 10.6 Å². The largest absolute Gasteiger partial charge is 0.372 e. The quantitative estimate of drug-likeness (QED) is 0.545. The number of benzene rings is 1. The topological polar surface area (TPSA) is 43.9 Å². The van der Waals surface area contributed by atoms with E-state index in [9.17, 15) is 9.59 Å². The molecule has 0 N–H and O–H groups in total. The van der Waals surface area contributed by atoms with Gasteiger partial charge in [0.1, 0.15) is 0 Å². The first-order chi connectivity index (χ1) is 13.0. The van der Waals surface area contributed by atoms with E-state index in [4.69, 9.17) is 0 Å². The summed E-state index contributed by atoms with van der Waals surface area (Å²) in [5.41, 5.74) is 2.11. The van der Waals surface area contributed by atoms with Gasteiger partial charge in [0, 0.05) is 18.8 Å². The molecule has 0 atom stereocenters. The molecule has 27 heavy (non-hydrogen) atoms. The molecule has 1 heterocycles. The fraction of sp³-hybridized carbons (Fsp3) is 0.524. The summed E-state index contributed by atoms with van der Waals surface area (Å²) in [7, 11) is 0.